The molecule has 0 saturated heterocycles. The molecule has 0 heterocycles. The van der Waals surface area contributed by atoms with Gasteiger partial charge in [-0.05, 0) is 23.3 Å². The van der Waals surface area contributed by atoms with E-state index in [0.717, 1.165) is 11.3 Å². The molecule has 0 fully saturated rings. The van der Waals surface area contributed by atoms with Gasteiger partial charge in [-0.1, -0.05) is 54.6 Å². The van der Waals surface area contributed by atoms with Crippen LogP contribution in [0.4, 0.5) is 5.69 Å². The van der Waals surface area contributed by atoms with Crippen LogP contribution in [0.1, 0.15) is 11.1 Å². The van der Waals surface area contributed by atoms with Crippen LogP contribution in [0.3, 0.4) is 0 Å². The van der Waals surface area contributed by atoms with E-state index in [9.17, 15) is 0 Å². The number of nitrogens with zero attached hydrogens (tertiary/aromatic N) is 1. The summed E-state index contributed by atoms with van der Waals surface area (Å²) in [5, 5.41) is 8.38. The fourth-order valence-electron chi connectivity index (χ4n) is 1.53. The first kappa shape index (κ1) is 12.1. The molecule has 2 N–H and O–H groups in total. The summed E-state index contributed by atoms with van der Waals surface area (Å²) in [5.74, 6) is 0. The van der Waals surface area contributed by atoms with E-state index in [2.05, 4.69) is 23.2 Å². The minimum absolute atomic E-state index is 0.786. The fourth-order valence-corrected chi connectivity index (χ4v) is 1.53. The fraction of sp³-hybridized carbons (Fsp3) is 0. The maximum absolute atomic E-state index is 8.38. The first-order chi connectivity index (χ1) is 8.88. The van der Waals surface area contributed by atoms with E-state index in [0.29, 0.717) is 0 Å². The van der Waals surface area contributed by atoms with Crippen molar-refractivity contribution in [3.63, 3.8) is 0 Å². The summed E-state index contributed by atoms with van der Waals surface area (Å²) in [4.78, 5) is 3.97. The summed E-state index contributed by atoms with van der Waals surface area (Å²) in [6.07, 6.45) is 5.34. The molecule has 2 aromatic carbocycles. The van der Waals surface area contributed by atoms with Crippen molar-refractivity contribution < 1.29 is 5.21 Å². The summed E-state index contributed by atoms with van der Waals surface area (Å²) in [7, 11) is 0. The SMILES string of the molecule is ONC=Nc1ccc(/C=C/c2ccccc2)cc1. The van der Waals surface area contributed by atoms with Crippen molar-refractivity contribution in [2.24, 2.45) is 4.99 Å². The van der Waals surface area contributed by atoms with Crippen LogP contribution in [-0.2, 0) is 0 Å². The van der Waals surface area contributed by atoms with Crippen molar-refractivity contribution in [2.45, 2.75) is 0 Å². The smallest absolute Gasteiger partial charge is 0.113 e. The molecule has 0 unspecified atom stereocenters. The van der Waals surface area contributed by atoms with Crippen LogP contribution >= 0.6 is 0 Å². The Balaban J connectivity index is 2.06. The Kier molecular flexibility index (Phi) is 4.27. The van der Waals surface area contributed by atoms with Gasteiger partial charge in [0, 0.05) is 0 Å². The van der Waals surface area contributed by atoms with Gasteiger partial charge < -0.3 is 0 Å². The van der Waals surface area contributed by atoms with Crippen molar-refractivity contribution in [3.8, 4) is 0 Å². The molecule has 0 amide bonds. The van der Waals surface area contributed by atoms with Crippen molar-refractivity contribution >= 4 is 24.2 Å². The zero-order chi connectivity index (χ0) is 12.6. The van der Waals surface area contributed by atoms with E-state index in [1.807, 2.05) is 54.0 Å². The summed E-state index contributed by atoms with van der Waals surface area (Å²) in [5.41, 5.74) is 4.93. The van der Waals surface area contributed by atoms with Crippen molar-refractivity contribution in [1.82, 2.24) is 5.48 Å². The highest BCUT2D eigenvalue weighted by Crippen LogP contribution is 2.14. The third-order valence-corrected chi connectivity index (χ3v) is 2.43. The Morgan fingerprint density at radius 2 is 1.44 bits per heavy atom. The highest BCUT2D eigenvalue weighted by molar-refractivity contribution is 5.70. The van der Waals surface area contributed by atoms with E-state index in [1.54, 1.807) is 0 Å². The Bertz CT molecular complexity index is 530. The van der Waals surface area contributed by atoms with E-state index in [-0.39, 0.29) is 0 Å². The third-order valence-electron chi connectivity index (χ3n) is 2.43. The average Bonchev–Trinajstić information content (AvgIpc) is 2.45. The molecule has 0 saturated carbocycles. The maximum atomic E-state index is 8.38. The van der Waals surface area contributed by atoms with E-state index in [4.69, 9.17) is 5.21 Å². The lowest BCUT2D eigenvalue weighted by atomic mass is 10.1. The second-order valence-electron chi connectivity index (χ2n) is 3.72. The van der Waals surface area contributed by atoms with E-state index in [1.165, 1.54) is 11.9 Å². The largest absolute Gasteiger partial charge is 0.290 e. The zero-order valence-electron chi connectivity index (χ0n) is 9.82. The van der Waals surface area contributed by atoms with Crippen LogP contribution in [0, 0.1) is 0 Å². The number of hydrogen-bond acceptors (Lipinski definition) is 2. The highest BCUT2D eigenvalue weighted by Gasteiger charge is 1.89. The molecule has 0 atom stereocenters. The second kappa shape index (κ2) is 6.37. The van der Waals surface area contributed by atoms with Crippen LogP contribution in [0.15, 0.2) is 59.6 Å². The van der Waals surface area contributed by atoms with Crippen molar-refractivity contribution in [1.29, 1.82) is 0 Å². The summed E-state index contributed by atoms with van der Waals surface area (Å²) >= 11 is 0. The predicted octanol–water partition coefficient (Wildman–Crippen LogP) is 3.50. The summed E-state index contributed by atoms with van der Waals surface area (Å²) < 4.78 is 0. The molecular weight excluding hydrogens is 224 g/mol. The maximum Gasteiger partial charge on any atom is 0.113 e. The van der Waals surface area contributed by atoms with Crippen molar-refractivity contribution in [3.05, 3.63) is 65.7 Å². The van der Waals surface area contributed by atoms with Gasteiger partial charge in [0.1, 0.15) is 6.34 Å². The molecule has 0 aliphatic heterocycles. The second-order valence-corrected chi connectivity index (χ2v) is 3.72. The number of hydroxylamine groups is 1. The molecule has 90 valence electrons. The van der Waals surface area contributed by atoms with Gasteiger partial charge >= 0.3 is 0 Å². The van der Waals surface area contributed by atoms with E-state index < -0.39 is 0 Å². The first-order valence-corrected chi connectivity index (χ1v) is 5.64. The average molecular weight is 238 g/mol. The lowest BCUT2D eigenvalue weighted by Crippen LogP contribution is -2.00. The topological polar surface area (TPSA) is 44.6 Å². The molecule has 0 spiro atoms. The molecule has 0 aliphatic carbocycles. The van der Waals surface area contributed by atoms with Gasteiger partial charge in [-0.2, -0.15) is 0 Å². The molecule has 2 aromatic rings. The zero-order valence-corrected chi connectivity index (χ0v) is 9.82. The minimum atomic E-state index is 0.786. The molecule has 0 aromatic heterocycles. The standard InChI is InChI=1S/C15H14N2O/c18-17-12-16-15-10-8-14(9-11-15)7-6-13-4-2-1-3-5-13/h1-12,18H,(H,16,17)/b7-6+. The van der Waals surface area contributed by atoms with Gasteiger partial charge in [0.2, 0.25) is 0 Å². The molecule has 3 heteroatoms. The highest BCUT2D eigenvalue weighted by atomic mass is 16.5. The molecule has 3 nitrogen and oxygen atoms in total. The van der Waals surface area contributed by atoms with Gasteiger partial charge in [-0.15, -0.1) is 0 Å². The van der Waals surface area contributed by atoms with Crippen LogP contribution < -0.4 is 5.48 Å². The number of aliphatic imine (C=N–C) groups is 1. The summed E-state index contributed by atoms with van der Waals surface area (Å²) in [6, 6.07) is 17.9. The van der Waals surface area contributed by atoms with Gasteiger partial charge in [0.25, 0.3) is 0 Å². The molecule has 0 aliphatic rings. The summed E-state index contributed by atoms with van der Waals surface area (Å²) in [6.45, 7) is 0. The number of rotatable bonds is 4. The van der Waals surface area contributed by atoms with Gasteiger partial charge in [0.15, 0.2) is 0 Å². The number of hydrogen-bond donors (Lipinski definition) is 2. The molecule has 2 rings (SSSR count). The van der Waals surface area contributed by atoms with Crippen LogP contribution in [0.25, 0.3) is 12.2 Å². The number of nitrogens with one attached hydrogen (secondary N) is 1. The lowest BCUT2D eigenvalue weighted by Gasteiger charge is -1.96. The minimum Gasteiger partial charge on any atom is -0.290 e. The van der Waals surface area contributed by atoms with Crippen LogP contribution in [0.2, 0.25) is 0 Å². The van der Waals surface area contributed by atoms with Gasteiger partial charge in [0.05, 0.1) is 5.69 Å². The Morgan fingerprint density at radius 3 is 2.06 bits per heavy atom. The van der Waals surface area contributed by atoms with Crippen molar-refractivity contribution in [2.75, 3.05) is 0 Å². The quantitative estimate of drug-likeness (QED) is 0.370. The molecule has 18 heavy (non-hydrogen) atoms. The normalized spacial score (nSPS) is 11.2. The molecule has 0 bridgehead atoms. The van der Waals surface area contributed by atoms with Gasteiger partial charge in [-0.25, -0.2) is 4.99 Å². The molecular formula is C15H14N2O. The number of benzene rings is 2. The Labute approximate surface area is 106 Å². The monoisotopic (exact) mass is 238 g/mol. The predicted molar refractivity (Wildman–Crippen MR) is 74.9 cm³/mol. The first-order valence-electron chi connectivity index (χ1n) is 5.64. The molecule has 0 radical (unpaired) electrons. The third kappa shape index (κ3) is 3.57. The van der Waals surface area contributed by atoms with E-state index >= 15 is 0 Å². The van der Waals surface area contributed by atoms with Gasteiger partial charge in [-0.3, -0.25) is 10.7 Å². The lowest BCUT2D eigenvalue weighted by molar-refractivity contribution is 0.240. The van der Waals surface area contributed by atoms with Crippen LogP contribution in [-0.4, -0.2) is 11.5 Å². The van der Waals surface area contributed by atoms with Crippen LogP contribution in [0.5, 0.6) is 0 Å². The Hall–Kier alpha value is -2.39. The Morgan fingerprint density at radius 1 is 0.833 bits per heavy atom.